The highest BCUT2D eigenvalue weighted by Crippen LogP contribution is 2.19. The maximum absolute atomic E-state index is 9.85. The Morgan fingerprint density at radius 1 is 1.14 bits per heavy atom. The van der Waals surface area contributed by atoms with Gasteiger partial charge in [0, 0.05) is 0 Å². The molecule has 14 heavy (non-hydrogen) atoms. The molecule has 0 saturated carbocycles. The molecule has 1 fully saturated rings. The highest BCUT2D eigenvalue weighted by Gasteiger charge is 2.43. The van der Waals surface area contributed by atoms with Crippen LogP contribution in [0.1, 0.15) is 0 Å². The van der Waals surface area contributed by atoms with Gasteiger partial charge in [0.25, 0.3) is 6.47 Å². The van der Waals surface area contributed by atoms with Gasteiger partial charge in [0.05, 0.1) is 0 Å². The highest BCUT2D eigenvalue weighted by molar-refractivity contribution is 5.36. The lowest BCUT2D eigenvalue weighted by atomic mass is 9.99. The zero-order chi connectivity index (χ0) is 10.7. The lowest BCUT2D eigenvalue weighted by Crippen LogP contribution is -2.58. The van der Waals surface area contributed by atoms with E-state index < -0.39 is 30.7 Å². The number of rotatable bonds is 3. The molecule has 0 aliphatic carbocycles. The van der Waals surface area contributed by atoms with E-state index in [-0.39, 0.29) is 13.1 Å². The Kier molecular flexibility index (Phi) is 3.78. The van der Waals surface area contributed by atoms with Crippen molar-refractivity contribution in [2.75, 3.05) is 6.61 Å². The fourth-order valence-corrected chi connectivity index (χ4v) is 1.20. The van der Waals surface area contributed by atoms with Gasteiger partial charge in [-0.15, -0.1) is 0 Å². The van der Waals surface area contributed by atoms with Crippen LogP contribution in [0, 0.1) is 0 Å². The molecule has 1 aliphatic rings. The Balaban J connectivity index is 2.55. The summed E-state index contributed by atoms with van der Waals surface area (Å²) in [5.74, 6) is 0. The Labute approximate surface area is 79.5 Å². The average Bonchev–Trinajstić information content (AvgIpc) is 2.18. The Hall–Kier alpha value is -0.730. The summed E-state index contributed by atoms with van der Waals surface area (Å²) in [4.78, 5) is 9.85. The number of carbonyl (C=O) groups is 1. The summed E-state index contributed by atoms with van der Waals surface area (Å²) in [5, 5.41) is 36.6. The van der Waals surface area contributed by atoms with Crippen molar-refractivity contribution in [2.24, 2.45) is 0 Å². The predicted octanol–water partition coefficient (Wildman–Crippen LogP) is -3.04. The van der Waals surface area contributed by atoms with E-state index in [9.17, 15) is 15.0 Å². The van der Waals surface area contributed by atoms with Gasteiger partial charge >= 0.3 is 0 Å². The standard InChI is InChI=1S/C7H12O7/c8-2-13-1-3-4(9)5(10)6(11)7(12)14-3/h2-7,9-12H,1H2/t3-,4-,5+,6-,7+/m1/s1. The first-order valence-electron chi connectivity index (χ1n) is 4.01. The second kappa shape index (κ2) is 4.67. The Morgan fingerprint density at radius 3 is 2.36 bits per heavy atom. The molecule has 0 amide bonds. The number of hydrogen-bond donors (Lipinski definition) is 4. The topological polar surface area (TPSA) is 116 Å². The molecule has 0 radical (unpaired) electrons. The minimum Gasteiger partial charge on any atom is -0.465 e. The first kappa shape index (κ1) is 11.3. The second-order valence-electron chi connectivity index (χ2n) is 2.97. The monoisotopic (exact) mass is 208 g/mol. The fourth-order valence-electron chi connectivity index (χ4n) is 1.20. The molecule has 0 aromatic heterocycles. The van der Waals surface area contributed by atoms with Crippen LogP contribution in [0.5, 0.6) is 0 Å². The van der Waals surface area contributed by atoms with Gasteiger partial charge in [0.1, 0.15) is 31.0 Å². The predicted molar refractivity (Wildman–Crippen MR) is 40.9 cm³/mol. The number of carbonyl (C=O) groups excluding carboxylic acids is 1. The fraction of sp³-hybridized carbons (Fsp3) is 0.857. The van der Waals surface area contributed by atoms with Crippen molar-refractivity contribution in [1.29, 1.82) is 0 Å². The van der Waals surface area contributed by atoms with Crippen molar-refractivity contribution in [3.05, 3.63) is 0 Å². The third-order valence-corrected chi connectivity index (χ3v) is 2.02. The van der Waals surface area contributed by atoms with E-state index in [0.717, 1.165) is 0 Å². The quantitative estimate of drug-likeness (QED) is 0.364. The lowest BCUT2D eigenvalue weighted by Gasteiger charge is -2.37. The molecule has 4 N–H and O–H groups in total. The molecular formula is C7H12O7. The van der Waals surface area contributed by atoms with Crippen molar-refractivity contribution in [3.8, 4) is 0 Å². The third-order valence-electron chi connectivity index (χ3n) is 2.02. The molecule has 1 rings (SSSR count). The van der Waals surface area contributed by atoms with Crippen molar-refractivity contribution in [1.82, 2.24) is 0 Å². The molecule has 0 aromatic carbocycles. The molecule has 7 nitrogen and oxygen atoms in total. The molecule has 1 saturated heterocycles. The van der Waals surface area contributed by atoms with E-state index in [0.29, 0.717) is 0 Å². The second-order valence-corrected chi connectivity index (χ2v) is 2.97. The van der Waals surface area contributed by atoms with Gasteiger partial charge in [-0.2, -0.15) is 0 Å². The van der Waals surface area contributed by atoms with Gasteiger partial charge in [-0.25, -0.2) is 0 Å². The Bertz CT molecular complexity index is 196. The SMILES string of the molecule is O=COC[C@H]1O[C@H](O)[C@H](O)[C@@H](O)[C@@H]1O. The number of aliphatic hydroxyl groups excluding tert-OH is 4. The molecule has 0 aromatic rings. The summed E-state index contributed by atoms with van der Waals surface area (Å²) in [6.45, 7) is -0.147. The van der Waals surface area contributed by atoms with E-state index in [4.69, 9.17) is 14.9 Å². The molecule has 0 unspecified atom stereocenters. The van der Waals surface area contributed by atoms with Crippen LogP contribution in [-0.4, -0.2) is 64.2 Å². The van der Waals surface area contributed by atoms with Gasteiger partial charge in [-0.05, 0) is 0 Å². The summed E-state index contributed by atoms with van der Waals surface area (Å²) in [6, 6.07) is 0. The van der Waals surface area contributed by atoms with Crippen LogP contribution >= 0.6 is 0 Å². The third kappa shape index (κ3) is 2.20. The van der Waals surface area contributed by atoms with Crippen molar-refractivity contribution in [2.45, 2.75) is 30.7 Å². The molecule has 7 heteroatoms. The van der Waals surface area contributed by atoms with Crippen molar-refractivity contribution < 1.29 is 34.7 Å². The van der Waals surface area contributed by atoms with Crippen LogP contribution in [0.25, 0.3) is 0 Å². The minimum absolute atomic E-state index is 0.153. The number of aliphatic hydroxyl groups is 4. The van der Waals surface area contributed by atoms with Crippen molar-refractivity contribution >= 4 is 6.47 Å². The molecule has 0 bridgehead atoms. The van der Waals surface area contributed by atoms with E-state index >= 15 is 0 Å². The van der Waals surface area contributed by atoms with Crippen molar-refractivity contribution in [3.63, 3.8) is 0 Å². The van der Waals surface area contributed by atoms with Gasteiger partial charge in [0.15, 0.2) is 6.29 Å². The van der Waals surface area contributed by atoms with E-state index in [1.807, 2.05) is 0 Å². The Morgan fingerprint density at radius 2 is 1.79 bits per heavy atom. The molecule has 82 valence electrons. The van der Waals surface area contributed by atoms with Crippen LogP contribution < -0.4 is 0 Å². The van der Waals surface area contributed by atoms with E-state index in [1.54, 1.807) is 0 Å². The zero-order valence-corrected chi connectivity index (χ0v) is 7.18. The summed E-state index contributed by atoms with van der Waals surface area (Å²) < 4.78 is 9.00. The lowest BCUT2D eigenvalue weighted by molar-refractivity contribution is -0.286. The van der Waals surface area contributed by atoms with Crippen LogP contribution in [0.2, 0.25) is 0 Å². The molecule has 1 aliphatic heterocycles. The summed E-state index contributed by atoms with van der Waals surface area (Å²) in [5.41, 5.74) is 0. The van der Waals surface area contributed by atoms with E-state index in [2.05, 4.69) is 4.74 Å². The smallest absolute Gasteiger partial charge is 0.293 e. The molecular weight excluding hydrogens is 196 g/mol. The van der Waals surface area contributed by atoms with Crippen LogP contribution in [0.4, 0.5) is 0 Å². The minimum atomic E-state index is -1.60. The average molecular weight is 208 g/mol. The molecule has 1 heterocycles. The first-order chi connectivity index (χ1) is 6.57. The largest absolute Gasteiger partial charge is 0.465 e. The van der Waals surface area contributed by atoms with Gasteiger partial charge in [0.2, 0.25) is 0 Å². The van der Waals surface area contributed by atoms with Gasteiger partial charge in [-0.1, -0.05) is 0 Å². The summed E-state index contributed by atoms with van der Waals surface area (Å²) >= 11 is 0. The number of ether oxygens (including phenoxy) is 2. The van der Waals surface area contributed by atoms with Crippen LogP contribution in [0.3, 0.4) is 0 Å². The van der Waals surface area contributed by atoms with E-state index in [1.165, 1.54) is 0 Å². The van der Waals surface area contributed by atoms with Gasteiger partial charge < -0.3 is 29.9 Å². The normalized spacial score (nSPS) is 43.3. The first-order valence-corrected chi connectivity index (χ1v) is 4.01. The maximum atomic E-state index is 9.85. The van der Waals surface area contributed by atoms with Gasteiger partial charge in [-0.3, -0.25) is 4.79 Å². The maximum Gasteiger partial charge on any atom is 0.293 e. The summed E-state index contributed by atoms with van der Waals surface area (Å²) in [6.07, 6.45) is -7.16. The highest BCUT2D eigenvalue weighted by atomic mass is 16.6. The molecule has 0 spiro atoms. The molecule has 5 atom stereocenters. The van der Waals surface area contributed by atoms with Crippen LogP contribution in [0.15, 0.2) is 0 Å². The zero-order valence-electron chi connectivity index (χ0n) is 7.18. The number of hydrogen-bond acceptors (Lipinski definition) is 7. The summed E-state index contributed by atoms with van der Waals surface area (Å²) in [7, 11) is 0. The van der Waals surface area contributed by atoms with Crippen LogP contribution in [-0.2, 0) is 14.3 Å².